The first kappa shape index (κ1) is 10.6. The fourth-order valence-corrected chi connectivity index (χ4v) is 1.70. The molecule has 0 spiro atoms. The van der Waals surface area contributed by atoms with E-state index in [1.807, 2.05) is 6.92 Å². The Balaban J connectivity index is 2.77. The molecule has 1 heterocycles. The largest absolute Gasteiger partial charge is 0.396 e. The zero-order valence-electron chi connectivity index (χ0n) is 7.20. The molecule has 72 valence electrons. The van der Waals surface area contributed by atoms with E-state index in [0.29, 0.717) is 15.7 Å². The Morgan fingerprint density at radius 1 is 1.77 bits per heavy atom. The Labute approximate surface area is 86.3 Å². The molecule has 3 nitrogen and oxygen atoms in total. The quantitative estimate of drug-likeness (QED) is 0.760. The number of aliphatic hydroxyl groups excluding tert-OH is 1. The Hall–Kier alpha value is -0.450. The molecule has 5 heteroatoms. The Morgan fingerprint density at radius 3 is 3.00 bits per heavy atom. The fraction of sp³-hybridized carbons (Fsp3) is 0.375. The van der Waals surface area contributed by atoms with Crippen molar-refractivity contribution in [3.05, 3.63) is 17.3 Å². The summed E-state index contributed by atoms with van der Waals surface area (Å²) in [6.07, 6.45) is 1.55. The number of rotatable bonds is 3. The molecule has 1 rings (SSSR count). The summed E-state index contributed by atoms with van der Waals surface area (Å²) in [5, 5.41) is 10.2. The van der Waals surface area contributed by atoms with Crippen LogP contribution >= 0.6 is 23.4 Å². The van der Waals surface area contributed by atoms with Crippen LogP contribution in [-0.4, -0.2) is 21.9 Å². The Morgan fingerprint density at radius 2 is 2.46 bits per heavy atom. The molecule has 0 amide bonds. The standard InChI is InChI=1S/C8H11ClN2OS/c1-5(4-12)13-8-7(10)2-6(9)3-11-8/h2-3,5,12H,4,10H2,1H3. The molecule has 13 heavy (non-hydrogen) atoms. The molecule has 0 aromatic carbocycles. The second-order valence-corrected chi connectivity index (χ2v) is 4.52. The van der Waals surface area contributed by atoms with E-state index in [2.05, 4.69) is 4.98 Å². The number of nitrogens with two attached hydrogens (primary N) is 1. The van der Waals surface area contributed by atoms with E-state index in [0.717, 1.165) is 0 Å². The molecule has 0 bridgehead atoms. The third-order valence-electron chi connectivity index (χ3n) is 1.42. The van der Waals surface area contributed by atoms with Crippen molar-refractivity contribution in [2.24, 2.45) is 0 Å². The lowest BCUT2D eigenvalue weighted by molar-refractivity contribution is 0.300. The van der Waals surface area contributed by atoms with Gasteiger partial charge >= 0.3 is 0 Å². The highest BCUT2D eigenvalue weighted by atomic mass is 35.5. The van der Waals surface area contributed by atoms with Crippen LogP contribution in [0.25, 0.3) is 0 Å². The topological polar surface area (TPSA) is 59.1 Å². The van der Waals surface area contributed by atoms with E-state index in [4.69, 9.17) is 22.4 Å². The first-order valence-corrected chi connectivity index (χ1v) is 5.07. The molecule has 0 saturated carbocycles. The van der Waals surface area contributed by atoms with Crippen molar-refractivity contribution in [1.29, 1.82) is 0 Å². The predicted molar refractivity (Wildman–Crippen MR) is 56.1 cm³/mol. The van der Waals surface area contributed by atoms with Crippen LogP contribution in [-0.2, 0) is 0 Å². The minimum Gasteiger partial charge on any atom is -0.396 e. The van der Waals surface area contributed by atoms with Gasteiger partial charge in [0.05, 0.1) is 17.3 Å². The average molecular weight is 219 g/mol. The lowest BCUT2D eigenvalue weighted by atomic mass is 10.4. The van der Waals surface area contributed by atoms with Gasteiger partial charge in [0.15, 0.2) is 0 Å². The van der Waals surface area contributed by atoms with Crippen molar-refractivity contribution >= 4 is 29.1 Å². The van der Waals surface area contributed by atoms with Gasteiger partial charge in [-0.15, -0.1) is 0 Å². The van der Waals surface area contributed by atoms with Gasteiger partial charge in [-0.3, -0.25) is 0 Å². The van der Waals surface area contributed by atoms with Crippen LogP contribution in [0.5, 0.6) is 0 Å². The molecule has 1 atom stereocenters. The van der Waals surface area contributed by atoms with Crippen LogP contribution in [0.4, 0.5) is 5.69 Å². The molecule has 0 aliphatic heterocycles. The van der Waals surface area contributed by atoms with Gasteiger partial charge in [0.1, 0.15) is 5.03 Å². The average Bonchev–Trinajstić information content (AvgIpc) is 2.09. The number of anilines is 1. The molecule has 3 N–H and O–H groups in total. The summed E-state index contributed by atoms with van der Waals surface area (Å²) in [7, 11) is 0. The third kappa shape index (κ3) is 3.06. The van der Waals surface area contributed by atoms with Crippen LogP contribution in [0.2, 0.25) is 5.02 Å². The summed E-state index contributed by atoms with van der Waals surface area (Å²) in [6.45, 7) is 2.01. The molecular formula is C8H11ClN2OS. The normalized spacial score (nSPS) is 12.8. The Bertz CT molecular complexity index is 295. The second kappa shape index (κ2) is 4.69. The summed E-state index contributed by atoms with van der Waals surface area (Å²) in [5.74, 6) is 0. The highest BCUT2D eigenvalue weighted by Gasteiger charge is 2.07. The lowest BCUT2D eigenvalue weighted by Gasteiger charge is -2.08. The van der Waals surface area contributed by atoms with Crippen LogP contribution < -0.4 is 5.73 Å². The summed E-state index contributed by atoms with van der Waals surface area (Å²) in [6, 6.07) is 1.65. The molecular weight excluding hydrogens is 208 g/mol. The van der Waals surface area contributed by atoms with Gasteiger partial charge < -0.3 is 10.8 Å². The first-order valence-electron chi connectivity index (χ1n) is 3.82. The molecule has 1 unspecified atom stereocenters. The number of nitrogens with zero attached hydrogens (tertiary/aromatic N) is 1. The molecule has 0 aliphatic carbocycles. The van der Waals surface area contributed by atoms with E-state index in [-0.39, 0.29) is 11.9 Å². The van der Waals surface area contributed by atoms with Crippen molar-refractivity contribution in [2.75, 3.05) is 12.3 Å². The van der Waals surface area contributed by atoms with E-state index >= 15 is 0 Å². The maximum absolute atomic E-state index is 8.83. The highest BCUT2D eigenvalue weighted by Crippen LogP contribution is 2.27. The van der Waals surface area contributed by atoms with Gasteiger partial charge in [0, 0.05) is 11.4 Å². The minimum atomic E-state index is 0.0935. The number of hydrogen-bond donors (Lipinski definition) is 2. The van der Waals surface area contributed by atoms with Crippen molar-refractivity contribution < 1.29 is 5.11 Å². The summed E-state index contributed by atoms with van der Waals surface area (Å²) in [5.41, 5.74) is 6.23. The van der Waals surface area contributed by atoms with Gasteiger partial charge in [-0.05, 0) is 6.07 Å². The SMILES string of the molecule is CC(CO)Sc1ncc(Cl)cc1N. The maximum Gasteiger partial charge on any atom is 0.119 e. The smallest absolute Gasteiger partial charge is 0.119 e. The number of thioether (sulfide) groups is 1. The summed E-state index contributed by atoms with van der Waals surface area (Å²) < 4.78 is 0. The van der Waals surface area contributed by atoms with Crippen molar-refractivity contribution in [2.45, 2.75) is 17.2 Å². The highest BCUT2D eigenvalue weighted by molar-refractivity contribution is 8.00. The maximum atomic E-state index is 8.83. The van der Waals surface area contributed by atoms with Gasteiger partial charge in [0.2, 0.25) is 0 Å². The van der Waals surface area contributed by atoms with Crippen LogP contribution in [0.1, 0.15) is 6.92 Å². The van der Waals surface area contributed by atoms with Crippen LogP contribution in [0, 0.1) is 0 Å². The van der Waals surface area contributed by atoms with E-state index in [9.17, 15) is 0 Å². The van der Waals surface area contributed by atoms with Gasteiger partial charge in [0.25, 0.3) is 0 Å². The zero-order valence-corrected chi connectivity index (χ0v) is 8.77. The number of aliphatic hydroxyl groups is 1. The van der Waals surface area contributed by atoms with Gasteiger partial charge in [-0.2, -0.15) is 0 Å². The second-order valence-electron chi connectivity index (χ2n) is 2.66. The van der Waals surface area contributed by atoms with Gasteiger partial charge in [-0.25, -0.2) is 4.98 Å². The lowest BCUT2D eigenvalue weighted by Crippen LogP contribution is -2.03. The van der Waals surface area contributed by atoms with Gasteiger partial charge in [-0.1, -0.05) is 30.3 Å². The number of aromatic nitrogens is 1. The van der Waals surface area contributed by atoms with Crippen molar-refractivity contribution in [3.63, 3.8) is 0 Å². The van der Waals surface area contributed by atoms with E-state index in [1.54, 1.807) is 12.3 Å². The predicted octanol–water partition coefficient (Wildman–Crippen LogP) is 1.79. The van der Waals surface area contributed by atoms with Crippen LogP contribution in [0.3, 0.4) is 0 Å². The molecule has 0 fully saturated rings. The zero-order chi connectivity index (χ0) is 9.84. The number of nitrogen functional groups attached to an aromatic ring is 1. The Kier molecular flexibility index (Phi) is 3.84. The summed E-state index contributed by atoms with van der Waals surface area (Å²) in [4.78, 5) is 4.06. The number of pyridine rings is 1. The minimum absolute atomic E-state index is 0.0935. The van der Waals surface area contributed by atoms with Crippen molar-refractivity contribution in [1.82, 2.24) is 4.98 Å². The van der Waals surface area contributed by atoms with Crippen molar-refractivity contribution in [3.8, 4) is 0 Å². The third-order valence-corrected chi connectivity index (χ3v) is 2.74. The van der Waals surface area contributed by atoms with Crippen LogP contribution in [0.15, 0.2) is 17.3 Å². The molecule has 0 aliphatic rings. The van der Waals surface area contributed by atoms with E-state index in [1.165, 1.54) is 11.8 Å². The summed E-state index contributed by atoms with van der Waals surface area (Å²) >= 11 is 7.12. The first-order chi connectivity index (χ1) is 6.13. The monoisotopic (exact) mass is 218 g/mol. The molecule has 0 saturated heterocycles. The number of halogens is 1. The fourth-order valence-electron chi connectivity index (χ4n) is 0.769. The molecule has 0 radical (unpaired) electrons. The molecule has 1 aromatic rings. The van der Waals surface area contributed by atoms with E-state index < -0.39 is 0 Å². The number of hydrogen-bond acceptors (Lipinski definition) is 4. The molecule has 1 aromatic heterocycles.